The number of rotatable bonds is 11. The van der Waals surface area contributed by atoms with Crippen molar-refractivity contribution >= 4 is 22.4 Å². The Morgan fingerprint density at radius 1 is 0.929 bits per heavy atom. The first-order valence-corrected chi connectivity index (χ1v) is 13.4. The maximum Gasteiger partial charge on any atom is 0.228 e. The second-order valence-corrected chi connectivity index (χ2v) is 9.72. The lowest BCUT2D eigenvalue weighted by Crippen LogP contribution is -2.33. The van der Waals surface area contributed by atoms with E-state index >= 15 is 0 Å². The maximum absolute atomic E-state index is 13.5. The minimum absolute atomic E-state index is 0.0769. The molecule has 3 aromatic carbocycles. The van der Waals surface area contributed by atoms with Crippen LogP contribution in [0.1, 0.15) is 11.1 Å². The van der Waals surface area contributed by atoms with E-state index in [0.717, 1.165) is 27.6 Å². The molecule has 9 nitrogen and oxygen atoms in total. The second-order valence-electron chi connectivity index (χ2n) is 9.72. The van der Waals surface area contributed by atoms with Crippen molar-refractivity contribution in [2.24, 2.45) is 0 Å². The largest absolute Gasteiger partial charge is 0.493 e. The highest BCUT2D eigenvalue weighted by Gasteiger charge is 2.20. The molecule has 1 unspecified atom stereocenters. The predicted molar refractivity (Wildman–Crippen MR) is 161 cm³/mol. The molecule has 0 bridgehead atoms. The third kappa shape index (κ3) is 6.03. The van der Waals surface area contributed by atoms with Crippen molar-refractivity contribution in [2.45, 2.75) is 19.6 Å². The molecule has 5 aromatic rings. The number of pyridine rings is 1. The van der Waals surface area contributed by atoms with E-state index in [-0.39, 0.29) is 12.5 Å². The van der Waals surface area contributed by atoms with Crippen LogP contribution in [0.5, 0.6) is 23.1 Å². The maximum atomic E-state index is 13.5. The number of benzene rings is 3. The van der Waals surface area contributed by atoms with Gasteiger partial charge in [-0.1, -0.05) is 30.3 Å². The Morgan fingerprint density at radius 2 is 1.76 bits per heavy atom. The van der Waals surface area contributed by atoms with Gasteiger partial charge in [0.1, 0.15) is 12.4 Å². The number of alkyl halides is 1. The molecular formula is C32H32FN5O4. The van der Waals surface area contributed by atoms with Crippen molar-refractivity contribution in [3.05, 3.63) is 90.3 Å². The van der Waals surface area contributed by atoms with Gasteiger partial charge in [0.25, 0.3) is 0 Å². The smallest absolute Gasteiger partial charge is 0.228 e. The van der Waals surface area contributed by atoms with Gasteiger partial charge in [0.15, 0.2) is 11.5 Å². The van der Waals surface area contributed by atoms with E-state index in [4.69, 9.17) is 19.9 Å². The molecule has 42 heavy (non-hydrogen) atoms. The van der Waals surface area contributed by atoms with E-state index in [1.165, 1.54) is 0 Å². The highest BCUT2D eigenvalue weighted by atomic mass is 19.1. The molecule has 0 aliphatic heterocycles. The number of ether oxygens (including phenoxy) is 3. The molecule has 3 N–H and O–H groups in total. The lowest BCUT2D eigenvalue weighted by Gasteiger charge is -2.28. The molecule has 1 atom stereocenters. The first-order chi connectivity index (χ1) is 20.4. The van der Waals surface area contributed by atoms with Crippen LogP contribution >= 0.6 is 0 Å². The number of halogens is 1. The number of aryl methyl sites for hydroxylation is 1. The highest BCUT2D eigenvalue weighted by molar-refractivity contribution is 5.99. The van der Waals surface area contributed by atoms with Crippen LogP contribution in [0.4, 0.5) is 16.0 Å². The van der Waals surface area contributed by atoms with Crippen LogP contribution in [0.3, 0.4) is 0 Å². The summed E-state index contributed by atoms with van der Waals surface area (Å²) in [6.45, 7) is 1.56. The SMILES string of the molecule is COc1ccc(CN(CC(O)CF)c2cccc3c(Oc4ncccc4-c4ccnc(N)n4)c(C)ccc23)cc1OC. The minimum atomic E-state index is -1.17. The van der Waals surface area contributed by atoms with Crippen LogP contribution in [0.2, 0.25) is 0 Å². The van der Waals surface area contributed by atoms with Gasteiger partial charge in [-0.25, -0.2) is 19.3 Å². The monoisotopic (exact) mass is 569 g/mol. The van der Waals surface area contributed by atoms with Gasteiger partial charge in [0.2, 0.25) is 11.8 Å². The third-order valence-corrected chi connectivity index (χ3v) is 6.88. The average Bonchev–Trinajstić information content (AvgIpc) is 3.01. The molecule has 0 saturated carbocycles. The number of anilines is 2. The molecule has 0 saturated heterocycles. The Bertz CT molecular complexity index is 1700. The van der Waals surface area contributed by atoms with Crippen LogP contribution in [0.15, 0.2) is 79.1 Å². The number of hydrogen-bond acceptors (Lipinski definition) is 9. The quantitative estimate of drug-likeness (QED) is 0.206. The number of nitrogens with zero attached hydrogens (tertiary/aromatic N) is 4. The van der Waals surface area contributed by atoms with Gasteiger partial charge in [-0.15, -0.1) is 0 Å². The Labute approximate surface area is 243 Å². The molecule has 0 aliphatic carbocycles. The number of aliphatic hydroxyl groups excluding tert-OH is 1. The van der Waals surface area contributed by atoms with Gasteiger partial charge in [0.05, 0.1) is 31.6 Å². The Hall–Kier alpha value is -4.96. The Balaban J connectivity index is 1.57. The summed E-state index contributed by atoms with van der Waals surface area (Å²) in [5.41, 5.74) is 9.70. The number of fused-ring (bicyclic) bond motifs is 1. The van der Waals surface area contributed by atoms with E-state index in [1.54, 1.807) is 38.7 Å². The summed E-state index contributed by atoms with van der Waals surface area (Å²) in [5.74, 6) is 2.33. The van der Waals surface area contributed by atoms with Gasteiger partial charge >= 0.3 is 0 Å². The fourth-order valence-electron chi connectivity index (χ4n) is 4.87. The molecule has 0 fully saturated rings. The number of aromatic nitrogens is 3. The van der Waals surface area contributed by atoms with Crippen LogP contribution in [0, 0.1) is 6.92 Å². The summed E-state index contributed by atoms with van der Waals surface area (Å²) in [5, 5.41) is 12.1. The average molecular weight is 570 g/mol. The molecule has 0 radical (unpaired) electrons. The number of aliphatic hydroxyl groups is 1. The minimum Gasteiger partial charge on any atom is -0.493 e. The normalized spacial score (nSPS) is 11.7. The van der Waals surface area contributed by atoms with Gasteiger partial charge in [-0.2, -0.15) is 0 Å². The van der Waals surface area contributed by atoms with Crippen LogP contribution in [0.25, 0.3) is 22.0 Å². The van der Waals surface area contributed by atoms with Crippen molar-refractivity contribution in [3.8, 4) is 34.4 Å². The Morgan fingerprint density at radius 3 is 2.52 bits per heavy atom. The van der Waals surface area contributed by atoms with E-state index in [1.807, 2.05) is 66.4 Å². The molecule has 2 heterocycles. The van der Waals surface area contributed by atoms with Crippen molar-refractivity contribution in [1.82, 2.24) is 15.0 Å². The summed E-state index contributed by atoms with van der Waals surface area (Å²) in [4.78, 5) is 14.8. The molecule has 10 heteroatoms. The fourth-order valence-corrected chi connectivity index (χ4v) is 4.87. The van der Waals surface area contributed by atoms with Crippen LogP contribution in [-0.4, -0.2) is 53.6 Å². The molecule has 216 valence electrons. The van der Waals surface area contributed by atoms with Gasteiger partial charge in [-0.05, 0) is 54.4 Å². The zero-order valence-corrected chi connectivity index (χ0v) is 23.6. The summed E-state index contributed by atoms with van der Waals surface area (Å²) < 4.78 is 30.9. The van der Waals surface area contributed by atoms with E-state index in [2.05, 4.69) is 15.0 Å². The first-order valence-electron chi connectivity index (χ1n) is 13.4. The first kappa shape index (κ1) is 28.6. The summed E-state index contributed by atoms with van der Waals surface area (Å²) >= 11 is 0. The zero-order chi connectivity index (χ0) is 29.6. The number of methoxy groups -OCH3 is 2. The van der Waals surface area contributed by atoms with Crippen LogP contribution in [-0.2, 0) is 6.54 Å². The molecular weight excluding hydrogens is 537 g/mol. The van der Waals surface area contributed by atoms with E-state index in [0.29, 0.717) is 40.9 Å². The molecule has 0 amide bonds. The van der Waals surface area contributed by atoms with Gasteiger partial charge < -0.3 is 30.0 Å². The van der Waals surface area contributed by atoms with Crippen molar-refractivity contribution < 1.29 is 23.7 Å². The summed E-state index contributed by atoms with van der Waals surface area (Å²) in [6.07, 6.45) is 2.07. The lowest BCUT2D eigenvalue weighted by atomic mass is 10.0. The fraction of sp³-hybridized carbons (Fsp3) is 0.219. The predicted octanol–water partition coefficient (Wildman–Crippen LogP) is 5.73. The standard InChI is InChI=1S/C32H32FN5O4/c1-20-9-11-23-24(30(20)42-31-25(7-5-14-35-31)26-13-15-36-32(34)37-26)6-4-8-27(23)38(19-22(39)17-33)18-21-10-12-28(40-2)29(16-21)41-3/h4-16,22,39H,17-19H2,1-3H3,(H2,34,36,37). The van der Waals surface area contributed by atoms with Crippen LogP contribution < -0.4 is 24.8 Å². The topological polar surface area (TPSA) is 116 Å². The molecule has 0 spiro atoms. The van der Waals surface area contributed by atoms with Crippen molar-refractivity contribution in [3.63, 3.8) is 0 Å². The highest BCUT2D eigenvalue weighted by Crippen LogP contribution is 2.40. The molecule has 2 aromatic heterocycles. The number of nitrogen functional groups attached to an aromatic ring is 1. The summed E-state index contributed by atoms with van der Waals surface area (Å²) in [7, 11) is 3.16. The van der Waals surface area contributed by atoms with E-state index < -0.39 is 12.8 Å². The molecule has 0 aliphatic rings. The molecule has 5 rings (SSSR count). The van der Waals surface area contributed by atoms with Gasteiger partial charge in [-0.3, -0.25) is 0 Å². The third-order valence-electron chi connectivity index (χ3n) is 6.88. The van der Waals surface area contributed by atoms with Crippen molar-refractivity contribution in [1.29, 1.82) is 0 Å². The number of nitrogens with two attached hydrogens (primary N) is 1. The zero-order valence-electron chi connectivity index (χ0n) is 23.6. The van der Waals surface area contributed by atoms with Gasteiger partial charge in [0, 0.05) is 41.9 Å². The summed E-state index contributed by atoms with van der Waals surface area (Å²) in [6, 6.07) is 20.8. The number of hydrogen-bond donors (Lipinski definition) is 2. The second kappa shape index (κ2) is 12.7. The Kier molecular flexibility index (Phi) is 8.63. The van der Waals surface area contributed by atoms with E-state index in [9.17, 15) is 9.50 Å². The lowest BCUT2D eigenvalue weighted by molar-refractivity contribution is 0.144. The van der Waals surface area contributed by atoms with Crippen molar-refractivity contribution in [2.75, 3.05) is 38.1 Å².